The average Bonchev–Trinajstić information content (AvgIpc) is 2.93. The van der Waals surface area contributed by atoms with E-state index in [4.69, 9.17) is 4.74 Å². The molecule has 3 aromatic carbocycles. The van der Waals surface area contributed by atoms with Crippen LogP contribution in [-0.4, -0.2) is 57.8 Å². The van der Waals surface area contributed by atoms with Crippen LogP contribution in [0.5, 0.6) is 5.75 Å². The Morgan fingerprint density at radius 1 is 0.905 bits per heavy atom. The third-order valence-corrected chi connectivity index (χ3v) is 6.80. The van der Waals surface area contributed by atoms with Crippen LogP contribution in [0.3, 0.4) is 0 Å². The summed E-state index contributed by atoms with van der Waals surface area (Å²) in [7, 11) is 0. The van der Waals surface area contributed by atoms with Gasteiger partial charge < -0.3 is 30.5 Å². The highest BCUT2D eigenvalue weighted by Crippen LogP contribution is 2.28. The summed E-state index contributed by atoms with van der Waals surface area (Å²) in [6, 6.07) is 19.0. The summed E-state index contributed by atoms with van der Waals surface area (Å²) >= 11 is 0. The van der Waals surface area contributed by atoms with Gasteiger partial charge >= 0.3 is 6.09 Å². The molecule has 3 aromatic rings. The number of aliphatic hydroxyl groups is 1. The van der Waals surface area contributed by atoms with Gasteiger partial charge in [-0.15, -0.1) is 0 Å². The van der Waals surface area contributed by atoms with Crippen molar-refractivity contribution in [1.29, 1.82) is 0 Å². The van der Waals surface area contributed by atoms with Crippen LogP contribution in [0.1, 0.15) is 54.6 Å². The Hall–Kier alpha value is -4.37. The molecule has 0 aliphatic carbocycles. The van der Waals surface area contributed by atoms with Crippen LogP contribution in [0.15, 0.2) is 72.8 Å². The fourth-order valence-corrected chi connectivity index (χ4v) is 4.59. The third-order valence-electron chi connectivity index (χ3n) is 6.80. The SMILES string of the molecule is Cc1cccc(C(C(=O)NCc2ccccc2)N(CCO)C(=O)C(Cc2ccc(O)cc2)NC(=O)OC(C)(C)C)c1C. The standard InChI is InChI=1S/C33H41N3O6/c1-22-10-9-13-27(23(22)2)29(30(39)34-21-25-11-7-6-8-12-25)36(18-19-37)31(40)28(35-32(41)42-33(3,4)5)20-24-14-16-26(38)17-15-24/h6-17,28-29,37-38H,18-21H2,1-5H3,(H,34,39)(H,35,41). The lowest BCUT2D eigenvalue weighted by atomic mass is 9.94. The molecular formula is C33H41N3O6. The highest BCUT2D eigenvalue weighted by molar-refractivity contribution is 5.92. The number of ether oxygens (including phenoxy) is 1. The number of nitrogens with zero attached hydrogens (tertiary/aromatic N) is 1. The van der Waals surface area contributed by atoms with E-state index in [1.807, 2.05) is 56.3 Å². The van der Waals surface area contributed by atoms with E-state index in [2.05, 4.69) is 10.6 Å². The van der Waals surface area contributed by atoms with Gasteiger partial charge in [-0.05, 0) is 74.6 Å². The van der Waals surface area contributed by atoms with Gasteiger partial charge in [-0.25, -0.2) is 4.79 Å². The number of nitrogens with one attached hydrogen (secondary N) is 2. The average molecular weight is 576 g/mol. The number of phenols is 1. The predicted octanol–water partition coefficient (Wildman–Crippen LogP) is 4.32. The van der Waals surface area contributed by atoms with Crippen molar-refractivity contribution in [3.63, 3.8) is 0 Å². The van der Waals surface area contributed by atoms with Gasteiger partial charge in [-0.2, -0.15) is 0 Å². The van der Waals surface area contributed by atoms with Crippen LogP contribution in [0.4, 0.5) is 4.79 Å². The molecule has 42 heavy (non-hydrogen) atoms. The molecule has 9 nitrogen and oxygen atoms in total. The van der Waals surface area contributed by atoms with Gasteiger partial charge in [0.25, 0.3) is 0 Å². The summed E-state index contributed by atoms with van der Waals surface area (Å²) in [5.74, 6) is -0.924. The van der Waals surface area contributed by atoms with Gasteiger partial charge in [0.2, 0.25) is 11.8 Å². The summed E-state index contributed by atoms with van der Waals surface area (Å²) < 4.78 is 5.44. The Kier molecular flexibility index (Phi) is 11.1. The first kappa shape index (κ1) is 32.1. The number of hydrogen-bond acceptors (Lipinski definition) is 6. The quantitative estimate of drug-likeness (QED) is 0.270. The molecule has 0 saturated heterocycles. The van der Waals surface area contributed by atoms with E-state index in [1.165, 1.54) is 17.0 Å². The normalized spacial score (nSPS) is 12.6. The van der Waals surface area contributed by atoms with Crippen LogP contribution in [-0.2, 0) is 27.3 Å². The number of amides is 3. The topological polar surface area (TPSA) is 128 Å². The van der Waals surface area contributed by atoms with E-state index in [0.717, 1.165) is 16.7 Å². The number of benzene rings is 3. The number of aryl methyl sites for hydroxylation is 1. The maximum Gasteiger partial charge on any atom is 0.408 e. The minimum absolute atomic E-state index is 0.0610. The molecule has 0 saturated carbocycles. The Balaban J connectivity index is 2.03. The number of carbonyl (C=O) groups is 3. The molecule has 3 rings (SSSR count). The molecule has 2 atom stereocenters. The second-order valence-corrected chi connectivity index (χ2v) is 11.2. The Labute approximate surface area is 247 Å². The molecule has 0 aliphatic rings. The van der Waals surface area contributed by atoms with Gasteiger partial charge in [-0.3, -0.25) is 9.59 Å². The van der Waals surface area contributed by atoms with E-state index in [0.29, 0.717) is 11.1 Å². The highest BCUT2D eigenvalue weighted by atomic mass is 16.6. The molecule has 0 aromatic heterocycles. The number of phenolic OH excluding ortho intramolecular Hbond substituents is 1. The number of alkyl carbamates (subject to hydrolysis) is 1. The van der Waals surface area contributed by atoms with E-state index >= 15 is 0 Å². The lowest BCUT2D eigenvalue weighted by Crippen LogP contribution is -2.54. The van der Waals surface area contributed by atoms with Crippen molar-refractivity contribution < 1.29 is 29.3 Å². The zero-order valence-corrected chi connectivity index (χ0v) is 24.9. The monoisotopic (exact) mass is 575 g/mol. The van der Waals surface area contributed by atoms with Gasteiger partial charge in [0.05, 0.1) is 6.61 Å². The fraction of sp³-hybridized carbons (Fsp3) is 0.364. The molecule has 0 aliphatic heterocycles. The molecule has 3 amide bonds. The molecule has 0 heterocycles. The van der Waals surface area contributed by atoms with E-state index < -0.39 is 42.2 Å². The van der Waals surface area contributed by atoms with Crippen molar-refractivity contribution in [2.24, 2.45) is 0 Å². The summed E-state index contributed by atoms with van der Waals surface area (Å²) in [4.78, 5) is 42.4. The molecule has 0 bridgehead atoms. The third kappa shape index (κ3) is 9.07. The molecule has 2 unspecified atom stereocenters. The number of carbonyl (C=O) groups excluding carboxylic acids is 3. The first-order chi connectivity index (χ1) is 19.9. The van der Waals surface area contributed by atoms with Crippen LogP contribution in [0.25, 0.3) is 0 Å². The Morgan fingerprint density at radius 2 is 1.57 bits per heavy atom. The number of aliphatic hydroxyl groups excluding tert-OH is 1. The molecular weight excluding hydrogens is 534 g/mol. The van der Waals surface area contributed by atoms with Crippen molar-refractivity contribution in [2.75, 3.05) is 13.2 Å². The summed E-state index contributed by atoms with van der Waals surface area (Å²) in [6.07, 6.45) is -0.730. The predicted molar refractivity (Wildman–Crippen MR) is 161 cm³/mol. The first-order valence-electron chi connectivity index (χ1n) is 14.0. The number of aromatic hydroxyl groups is 1. The lowest BCUT2D eigenvalue weighted by Gasteiger charge is -2.35. The lowest BCUT2D eigenvalue weighted by molar-refractivity contribution is -0.143. The van der Waals surface area contributed by atoms with Crippen molar-refractivity contribution in [3.8, 4) is 5.75 Å². The minimum Gasteiger partial charge on any atom is -0.508 e. The zero-order valence-electron chi connectivity index (χ0n) is 24.9. The molecule has 0 fully saturated rings. The van der Waals surface area contributed by atoms with E-state index in [9.17, 15) is 24.6 Å². The fourth-order valence-electron chi connectivity index (χ4n) is 4.59. The zero-order chi connectivity index (χ0) is 30.9. The smallest absolute Gasteiger partial charge is 0.408 e. The van der Waals surface area contributed by atoms with E-state index in [-0.39, 0.29) is 25.3 Å². The summed E-state index contributed by atoms with van der Waals surface area (Å²) in [5, 5.41) is 25.4. The molecule has 224 valence electrons. The maximum absolute atomic E-state index is 14.3. The Morgan fingerprint density at radius 3 is 2.19 bits per heavy atom. The van der Waals surface area contributed by atoms with Gasteiger partial charge in [0.15, 0.2) is 0 Å². The largest absolute Gasteiger partial charge is 0.508 e. The van der Waals surface area contributed by atoms with Crippen molar-refractivity contribution in [1.82, 2.24) is 15.5 Å². The maximum atomic E-state index is 14.3. The molecule has 4 N–H and O–H groups in total. The van der Waals surface area contributed by atoms with Crippen molar-refractivity contribution >= 4 is 17.9 Å². The summed E-state index contributed by atoms with van der Waals surface area (Å²) in [6.45, 7) is 8.65. The van der Waals surface area contributed by atoms with Crippen LogP contribution in [0, 0.1) is 13.8 Å². The van der Waals surface area contributed by atoms with Crippen molar-refractivity contribution in [3.05, 3.63) is 101 Å². The van der Waals surface area contributed by atoms with Crippen molar-refractivity contribution in [2.45, 2.75) is 65.3 Å². The Bertz CT molecular complexity index is 1350. The molecule has 9 heteroatoms. The first-order valence-corrected chi connectivity index (χ1v) is 14.0. The second-order valence-electron chi connectivity index (χ2n) is 11.2. The molecule has 0 spiro atoms. The van der Waals surface area contributed by atoms with Crippen LogP contribution in [0.2, 0.25) is 0 Å². The second kappa shape index (κ2) is 14.5. The van der Waals surface area contributed by atoms with Gasteiger partial charge in [0.1, 0.15) is 23.4 Å². The minimum atomic E-state index is -1.13. The number of rotatable bonds is 11. The van der Waals surface area contributed by atoms with E-state index in [1.54, 1.807) is 39.0 Å². The van der Waals surface area contributed by atoms with Gasteiger partial charge in [0, 0.05) is 19.5 Å². The highest BCUT2D eigenvalue weighted by Gasteiger charge is 2.37. The van der Waals surface area contributed by atoms with Crippen LogP contribution < -0.4 is 10.6 Å². The summed E-state index contributed by atoms with van der Waals surface area (Å²) in [5.41, 5.74) is 3.15. The molecule has 0 radical (unpaired) electrons. The van der Waals surface area contributed by atoms with Crippen LogP contribution >= 0.6 is 0 Å². The number of hydrogen-bond donors (Lipinski definition) is 4. The van der Waals surface area contributed by atoms with Gasteiger partial charge in [-0.1, -0.05) is 60.7 Å².